The Morgan fingerprint density at radius 3 is 0.691 bits per heavy atom. The molecule has 123 heavy (non-hydrogen) atoms. The highest BCUT2D eigenvalue weighted by Crippen LogP contribution is 2.73. The fourth-order valence-electron chi connectivity index (χ4n) is 20.3. The summed E-state index contributed by atoms with van der Waals surface area (Å²) in [6.07, 6.45) is 0. The van der Waals surface area contributed by atoms with Gasteiger partial charge in [-0.25, -0.2) is 0 Å². The van der Waals surface area contributed by atoms with Gasteiger partial charge in [0.1, 0.15) is 23.0 Å². The molecule has 0 unspecified atom stereocenters. The van der Waals surface area contributed by atoms with Crippen molar-refractivity contribution in [3.8, 4) is 134 Å². The molecule has 0 bridgehead atoms. The van der Waals surface area contributed by atoms with Crippen LogP contribution in [0.15, 0.2) is 299 Å². The van der Waals surface area contributed by atoms with Crippen LogP contribution in [-0.4, -0.2) is 27.9 Å². The Balaban J connectivity index is 0.908. The van der Waals surface area contributed by atoms with E-state index in [4.69, 9.17) is 18.1 Å². The van der Waals surface area contributed by atoms with Gasteiger partial charge in [-0.1, -0.05) is 306 Å². The molecule has 0 atom stereocenters. The van der Waals surface area contributed by atoms with Crippen molar-refractivity contribution in [3.63, 3.8) is 0 Å². The maximum absolute atomic E-state index is 16.9. The Morgan fingerprint density at radius 2 is 0.463 bits per heavy atom. The fraction of sp³-hybridized carbons (Fsp3) is 0.137. The third-order valence-electron chi connectivity index (χ3n) is 26.2. The highest BCUT2D eigenvalue weighted by molar-refractivity contribution is 7.96. The van der Waals surface area contributed by atoms with Gasteiger partial charge in [-0.15, -0.1) is 4.86 Å². The average Bonchev–Trinajstić information content (AvgIpc) is 1.57. The molecule has 0 spiro atoms. The minimum Gasteiger partial charge on any atom is -0.417 e. The first-order valence-electron chi connectivity index (χ1n) is 40.3. The van der Waals surface area contributed by atoms with E-state index in [1.807, 2.05) is 218 Å². The third kappa shape index (κ3) is 11.3. The Morgan fingerprint density at radius 1 is 0.260 bits per heavy atom. The van der Waals surface area contributed by atoms with E-state index in [-0.39, 0.29) is 67.5 Å². The van der Waals surface area contributed by atoms with Crippen LogP contribution in [0.3, 0.4) is 0 Å². The number of fused-ring (bicyclic) bond motifs is 26. The molecular formula is C102H73F6N3O8P2S2. The molecule has 0 aromatic heterocycles. The van der Waals surface area contributed by atoms with E-state index < -0.39 is 68.0 Å². The predicted molar refractivity (Wildman–Crippen MR) is 480 cm³/mol. The monoisotopic (exact) mass is 1710 g/mol. The van der Waals surface area contributed by atoms with E-state index >= 15 is 43.2 Å². The Labute approximate surface area is 706 Å². The lowest BCUT2D eigenvalue weighted by Crippen LogP contribution is -2.28. The number of rotatable bonds is 8. The number of benzene rings is 16. The van der Waals surface area contributed by atoms with Crippen molar-refractivity contribution in [1.29, 1.82) is 0 Å². The van der Waals surface area contributed by atoms with E-state index in [0.29, 0.717) is 65.3 Å². The zero-order valence-electron chi connectivity index (χ0n) is 67.4. The summed E-state index contributed by atoms with van der Waals surface area (Å²) >= 11 is 0. The van der Waals surface area contributed by atoms with E-state index in [1.165, 1.54) is 0 Å². The van der Waals surface area contributed by atoms with Crippen molar-refractivity contribution in [2.24, 2.45) is 8.30 Å². The number of alkyl halides is 6. The average molecular weight is 1710 g/mol. The Hall–Kier alpha value is -12.3. The van der Waals surface area contributed by atoms with Crippen molar-refractivity contribution in [1.82, 2.24) is 4.86 Å². The second kappa shape index (κ2) is 26.1. The number of hydrogen-bond acceptors (Lipinski definition) is 8. The van der Waals surface area contributed by atoms with E-state index in [0.717, 1.165) is 89.0 Å². The second-order valence-corrected chi connectivity index (χ2v) is 42.4. The number of hydrogen-bond donors (Lipinski definition) is 1. The lowest BCUT2D eigenvalue weighted by molar-refractivity contribution is -0.0440. The van der Waals surface area contributed by atoms with Crippen LogP contribution in [-0.2, 0) is 41.7 Å². The van der Waals surface area contributed by atoms with Gasteiger partial charge < -0.3 is 18.1 Å². The molecule has 4 aliphatic carbocycles. The lowest BCUT2D eigenvalue weighted by atomic mass is 9.80. The molecule has 16 aromatic carbocycles. The van der Waals surface area contributed by atoms with E-state index in [2.05, 4.69) is 68.5 Å². The largest absolute Gasteiger partial charge is 0.518 e. The van der Waals surface area contributed by atoms with E-state index in [9.17, 15) is 0 Å². The lowest BCUT2D eigenvalue weighted by Gasteiger charge is -2.32. The van der Waals surface area contributed by atoms with Gasteiger partial charge in [-0.2, -0.15) is 43.2 Å². The Bertz CT molecular complexity index is 7010. The van der Waals surface area contributed by atoms with Gasteiger partial charge in [-0.05, 0) is 203 Å². The van der Waals surface area contributed by atoms with Gasteiger partial charge in [-0.3, -0.25) is 0 Å². The second-order valence-electron chi connectivity index (χ2n) is 34.6. The van der Waals surface area contributed by atoms with Gasteiger partial charge in [0.05, 0.1) is 0 Å². The zero-order valence-corrected chi connectivity index (χ0v) is 70.8. The van der Waals surface area contributed by atoms with Crippen molar-refractivity contribution < 1.29 is 61.3 Å². The van der Waals surface area contributed by atoms with Crippen LogP contribution in [0.2, 0.25) is 0 Å². The van der Waals surface area contributed by atoms with Crippen molar-refractivity contribution >= 4 is 78.5 Å². The normalized spacial score (nSPS) is 16.4. The first-order valence-corrected chi connectivity index (χ1v) is 46.4. The zero-order chi connectivity index (χ0) is 85.0. The molecule has 16 aromatic rings. The molecule has 21 heteroatoms. The third-order valence-corrected chi connectivity index (χ3v) is 34.6. The van der Waals surface area contributed by atoms with Crippen LogP contribution in [0, 0.1) is 0 Å². The molecule has 0 amide bonds. The standard InChI is InChI=1S/C102H73F6N3O8P2S2/c1-97(2)81-37-21-17-33-69(81)73-45-41-61(53-85(73)97)77-49-57-25-9-13-29-65(57)89-90-66-30-14-10-26-58(66)50-78(62-42-46-74-70-34-18-22-38-82(70)98(3,4)86(74)54-62)94(90)117-120(116-93(77)89,110-122(112,113)101(103,104)105)109-121(111-123(114,115)102(106,107)108)118-95-79(63-43-47-75-71-35-19-23-39-83(71)99(5,6)87(75)55-63)51-59-27-11-15-31-67(59)91(95)92-68-32-16-12-28-60(68)52-80(96(92)119-121)64-44-48-76-72-36-20-24-40-84(72)100(7,8)88(76)56-64/h9-56,109H,1-8H3. The summed E-state index contributed by atoms with van der Waals surface area (Å²) in [6, 6.07) is 90.2. The summed E-state index contributed by atoms with van der Waals surface area (Å²) in [6.45, 7) is 16.5. The number of nitrogens with zero attached hydrogens (tertiary/aromatic N) is 2. The highest BCUT2D eigenvalue weighted by atomic mass is 32.2. The fourth-order valence-corrected chi connectivity index (χ4v) is 28.5. The highest BCUT2D eigenvalue weighted by Gasteiger charge is 2.57. The van der Waals surface area contributed by atoms with Gasteiger partial charge in [0.15, 0.2) is 0 Å². The van der Waals surface area contributed by atoms with Crippen LogP contribution >= 0.6 is 15.3 Å². The van der Waals surface area contributed by atoms with E-state index in [1.54, 1.807) is 72.8 Å². The first-order chi connectivity index (χ1) is 58.6. The number of halogens is 6. The van der Waals surface area contributed by atoms with Crippen LogP contribution < -0.4 is 23.0 Å². The summed E-state index contributed by atoms with van der Waals surface area (Å²) in [4.78, 5) is 2.80. The van der Waals surface area contributed by atoms with Crippen LogP contribution in [0.5, 0.6) is 23.0 Å². The summed E-state index contributed by atoms with van der Waals surface area (Å²) in [7, 11) is -27.4. The van der Waals surface area contributed by atoms with Crippen LogP contribution in [0.1, 0.15) is 99.9 Å². The molecule has 608 valence electrons. The Kier molecular flexibility index (Phi) is 16.3. The molecule has 6 aliphatic rings. The van der Waals surface area contributed by atoms with Crippen molar-refractivity contribution in [2.75, 3.05) is 0 Å². The molecule has 0 saturated heterocycles. The smallest absolute Gasteiger partial charge is 0.417 e. The minimum absolute atomic E-state index is 0.114. The van der Waals surface area contributed by atoms with Crippen LogP contribution in [0.25, 0.3) is 154 Å². The molecule has 2 heterocycles. The van der Waals surface area contributed by atoms with Gasteiger partial charge in [0, 0.05) is 66.2 Å². The molecular weight excluding hydrogens is 1640 g/mol. The van der Waals surface area contributed by atoms with Gasteiger partial charge in [0.2, 0.25) is 0 Å². The molecule has 1 N–H and O–H groups in total. The molecule has 0 radical (unpaired) electrons. The van der Waals surface area contributed by atoms with Gasteiger partial charge in [0.25, 0.3) is 0 Å². The summed E-state index contributed by atoms with van der Waals surface area (Å²) in [5.41, 5.74) is 1.48. The van der Waals surface area contributed by atoms with Crippen molar-refractivity contribution in [3.05, 3.63) is 336 Å². The molecule has 2 aliphatic heterocycles. The van der Waals surface area contributed by atoms with Crippen molar-refractivity contribution in [2.45, 2.75) is 88.1 Å². The number of nitrogens with one attached hydrogen (secondary N) is 1. The first kappa shape index (κ1) is 76.8. The topological polar surface area (TPSA) is 142 Å². The van der Waals surface area contributed by atoms with Crippen LogP contribution in [0.4, 0.5) is 26.3 Å². The predicted octanol–water partition coefficient (Wildman–Crippen LogP) is 29.0. The maximum atomic E-state index is 16.9. The minimum atomic E-state index is -7.19. The van der Waals surface area contributed by atoms with Gasteiger partial charge >= 0.3 is 46.4 Å². The summed E-state index contributed by atoms with van der Waals surface area (Å²) in [5.74, 6) is -1.54. The molecule has 22 rings (SSSR count). The summed E-state index contributed by atoms with van der Waals surface area (Å²) in [5, 5.41) is 3.72. The maximum Gasteiger partial charge on any atom is 0.518 e. The SMILES string of the molecule is CC1(C)c2ccccc2-c2ccc(-c3cc4ccccc4c4c3OP(=NS(=O)(=O)C(F)(F)F)(NP3(=NS(=O)(=O)C(F)(F)F)Oc5c(-c6ccc7c(c6)C(C)(C)c6ccccc6-7)cc6ccccc6c5-c5c(c(-c6ccc7c(c6)C(C)(C)c6ccccc6-7)cc6ccccc56)O3)Oc3c(-c5ccc6c(c5)C(C)(C)c5ccccc5-6)cc5ccccc5c3-4)cc21. The quantitative estimate of drug-likeness (QED) is 0.116. The molecule has 0 fully saturated rings. The molecule has 0 saturated carbocycles. The molecule has 11 nitrogen and oxygen atoms in total. The summed E-state index contributed by atoms with van der Waals surface area (Å²) < 4.78 is 202. The number of sulfonamides is 2.